The summed E-state index contributed by atoms with van der Waals surface area (Å²) >= 11 is 0. The third-order valence-electron chi connectivity index (χ3n) is 4.37. The van der Waals surface area contributed by atoms with Crippen molar-refractivity contribution in [1.82, 2.24) is 10.2 Å². The first-order valence-electron chi connectivity index (χ1n) is 6.80. The highest BCUT2D eigenvalue weighted by Gasteiger charge is 2.47. The molecule has 0 bridgehead atoms. The highest BCUT2D eigenvalue weighted by Crippen LogP contribution is 2.44. The summed E-state index contributed by atoms with van der Waals surface area (Å²) in [6.45, 7) is 9.07. The molecule has 1 saturated heterocycles. The van der Waals surface area contributed by atoms with Gasteiger partial charge >= 0.3 is 0 Å². The average molecular weight is 415 g/mol. The Morgan fingerprint density at radius 3 is 2.25 bits per heavy atom. The predicted molar refractivity (Wildman–Crippen MR) is 93.5 cm³/mol. The van der Waals surface area contributed by atoms with Crippen LogP contribution in [0.2, 0.25) is 0 Å². The van der Waals surface area contributed by atoms with E-state index in [0.29, 0.717) is 24.5 Å². The topological polar surface area (TPSA) is 61.8 Å². The van der Waals surface area contributed by atoms with Gasteiger partial charge in [0.2, 0.25) is 0 Å². The van der Waals surface area contributed by atoms with Crippen LogP contribution < -0.4 is 5.32 Å². The minimum Gasteiger partial charge on any atom is -0.353 e. The second-order valence-electron chi connectivity index (χ2n) is 6.94. The zero-order valence-corrected chi connectivity index (χ0v) is 16.1. The molecule has 1 unspecified atom stereocenters. The van der Waals surface area contributed by atoms with Gasteiger partial charge in [0.1, 0.15) is 0 Å². The van der Waals surface area contributed by atoms with Gasteiger partial charge in [-0.3, -0.25) is 4.99 Å². The van der Waals surface area contributed by atoms with Crippen LogP contribution >= 0.6 is 24.0 Å². The van der Waals surface area contributed by atoms with Crippen molar-refractivity contribution < 1.29 is 8.42 Å². The first kappa shape index (κ1) is 18.0. The molecule has 0 aromatic heterocycles. The van der Waals surface area contributed by atoms with E-state index < -0.39 is 14.6 Å². The lowest BCUT2D eigenvalue weighted by molar-refractivity contribution is 0.351. The maximum atomic E-state index is 12.0. The van der Waals surface area contributed by atoms with Crippen molar-refractivity contribution >= 4 is 39.8 Å². The van der Waals surface area contributed by atoms with E-state index in [-0.39, 0.29) is 29.7 Å². The Labute approximate surface area is 139 Å². The molecule has 1 aliphatic carbocycles. The van der Waals surface area contributed by atoms with Crippen LogP contribution in [0.3, 0.4) is 0 Å². The van der Waals surface area contributed by atoms with Gasteiger partial charge in [0.25, 0.3) is 0 Å². The van der Waals surface area contributed by atoms with Crippen LogP contribution in [-0.2, 0) is 9.84 Å². The normalized spacial score (nSPS) is 30.4. The summed E-state index contributed by atoms with van der Waals surface area (Å²) in [5.74, 6) is 1.04. The first-order valence-corrected chi connectivity index (χ1v) is 8.45. The molecule has 0 aromatic carbocycles. The predicted octanol–water partition coefficient (Wildman–Crippen LogP) is 1.49. The Morgan fingerprint density at radius 2 is 1.85 bits per heavy atom. The number of hydrogen-bond acceptors (Lipinski definition) is 3. The maximum absolute atomic E-state index is 12.0. The minimum absolute atomic E-state index is 0. The van der Waals surface area contributed by atoms with E-state index in [9.17, 15) is 8.42 Å². The summed E-state index contributed by atoms with van der Waals surface area (Å²) < 4.78 is 23.3. The molecular formula is C13H26IN3O2S. The average Bonchev–Trinajstić information content (AvgIpc) is 2.87. The van der Waals surface area contributed by atoms with E-state index in [1.807, 2.05) is 0 Å². The van der Waals surface area contributed by atoms with E-state index in [4.69, 9.17) is 0 Å². The molecular weight excluding hydrogens is 389 g/mol. The quantitative estimate of drug-likeness (QED) is 0.401. The summed E-state index contributed by atoms with van der Waals surface area (Å²) in [6, 6.07) is 0.452. The summed E-state index contributed by atoms with van der Waals surface area (Å²) in [5.41, 5.74) is 0.327. The fourth-order valence-electron chi connectivity index (χ4n) is 2.49. The van der Waals surface area contributed by atoms with E-state index in [2.05, 4.69) is 29.1 Å². The van der Waals surface area contributed by atoms with Crippen LogP contribution in [0.5, 0.6) is 0 Å². The molecule has 0 aromatic rings. The second-order valence-corrected chi connectivity index (χ2v) is 9.68. The van der Waals surface area contributed by atoms with Crippen molar-refractivity contribution in [3.63, 3.8) is 0 Å². The minimum atomic E-state index is -3.00. The standard InChI is InChI=1S/C13H25N3O2S.HI/c1-12(2)8-10(12)15-11(14-5)16-6-7-19(17,18)13(3,4)9-16;/h10H,6-9H2,1-5H3,(H,14,15);1H. The number of hydrogen-bond donors (Lipinski definition) is 1. The van der Waals surface area contributed by atoms with Crippen molar-refractivity contribution in [3.05, 3.63) is 0 Å². The number of nitrogens with zero attached hydrogens (tertiary/aromatic N) is 2. The van der Waals surface area contributed by atoms with Gasteiger partial charge in [0, 0.05) is 26.2 Å². The molecule has 1 heterocycles. The van der Waals surface area contributed by atoms with Crippen LogP contribution in [0.15, 0.2) is 4.99 Å². The van der Waals surface area contributed by atoms with Crippen molar-refractivity contribution in [2.45, 2.75) is 44.9 Å². The molecule has 2 aliphatic rings. The highest BCUT2D eigenvalue weighted by molar-refractivity contribution is 14.0. The Balaban J connectivity index is 0.00000200. The zero-order valence-electron chi connectivity index (χ0n) is 12.9. The molecule has 1 saturated carbocycles. The van der Waals surface area contributed by atoms with Gasteiger partial charge in [0.15, 0.2) is 15.8 Å². The Morgan fingerprint density at radius 1 is 1.30 bits per heavy atom. The maximum Gasteiger partial charge on any atom is 0.193 e. The summed E-state index contributed by atoms with van der Waals surface area (Å²) in [4.78, 5) is 6.37. The third-order valence-corrected chi connectivity index (χ3v) is 6.90. The number of nitrogens with one attached hydrogen (secondary N) is 1. The monoisotopic (exact) mass is 415 g/mol. The molecule has 0 spiro atoms. The van der Waals surface area contributed by atoms with Gasteiger partial charge in [-0.2, -0.15) is 0 Å². The number of guanidine groups is 1. The Kier molecular flexibility index (Phi) is 5.06. The van der Waals surface area contributed by atoms with E-state index in [1.165, 1.54) is 0 Å². The van der Waals surface area contributed by atoms with Crippen LogP contribution in [0.1, 0.15) is 34.1 Å². The van der Waals surface area contributed by atoms with Gasteiger partial charge in [-0.1, -0.05) is 13.8 Å². The molecule has 0 amide bonds. The highest BCUT2D eigenvalue weighted by atomic mass is 127. The molecule has 20 heavy (non-hydrogen) atoms. The number of halogens is 1. The van der Waals surface area contributed by atoms with Gasteiger partial charge in [-0.15, -0.1) is 24.0 Å². The smallest absolute Gasteiger partial charge is 0.193 e. The number of rotatable bonds is 1. The summed E-state index contributed by atoms with van der Waals surface area (Å²) in [6.07, 6.45) is 1.14. The molecule has 2 fully saturated rings. The molecule has 1 N–H and O–H groups in total. The molecule has 0 radical (unpaired) electrons. The lowest BCUT2D eigenvalue weighted by Crippen LogP contribution is -2.57. The zero-order chi connectivity index (χ0) is 14.5. The second kappa shape index (κ2) is 5.62. The fourth-order valence-corrected chi connectivity index (χ4v) is 3.86. The van der Waals surface area contributed by atoms with E-state index in [0.717, 1.165) is 12.4 Å². The molecule has 118 valence electrons. The van der Waals surface area contributed by atoms with E-state index >= 15 is 0 Å². The lowest BCUT2D eigenvalue weighted by atomic mass is 10.2. The van der Waals surface area contributed by atoms with Crippen LogP contribution in [0.25, 0.3) is 0 Å². The molecule has 1 aliphatic heterocycles. The summed E-state index contributed by atoms with van der Waals surface area (Å²) in [7, 11) is -1.24. The van der Waals surface area contributed by atoms with Crippen molar-refractivity contribution in [2.75, 3.05) is 25.9 Å². The van der Waals surface area contributed by atoms with Gasteiger partial charge < -0.3 is 10.2 Å². The molecule has 5 nitrogen and oxygen atoms in total. The number of aliphatic imine (C=N–C) groups is 1. The molecule has 1 atom stereocenters. The third kappa shape index (κ3) is 3.40. The first-order chi connectivity index (χ1) is 8.59. The Hall–Kier alpha value is -0.0500. The van der Waals surface area contributed by atoms with Crippen molar-refractivity contribution in [2.24, 2.45) is 10.4 Å². The largest absolute Gasteiger partial charge is 0.353 e. The van der Waals surface area contributed by atoms with E-state index in [1.54, 1.807) is 20.9 Å². The summed E-state index contributed by atoms with van der Waals surface area (Å²) in [5, 5.41) is 3.45. The molecule has 7 heteroatoms. The van der Waals surface area contributed by atoms with Gasteiger partial charge in [0.05, 0.1) is 10.5 Å². The van der Waals surface area contributed by atoms with Crippen LogP contribution in [-0.4, -0.2) is 56.0 Å². The van der Waals surface area contributed by atoms with Crippen molar-refractivity contribution in [3.8, 4) is 0 Å². The Bertz CT molecular complexity index is 500. The van der Waals surface area contributed by atoms with Crippen LogP contribution in [0, 0.1) is 5.41 Å². The lowest BCUT2D eigenvalue weighted by Gasteiger charge is -2.39. The van der Waals surface area contributed by atoms with Gasteiger partial charge in [-0.05, 0) is 25.7 Å². The van der Waals surface area contributed by atoms with Crippen molar-refractivity contribution in [1.29, 1.82) is 0 Å². The fraction of sp³-hybridized carbons (Fsp3) is 0.923. The van der Waals surface area contributed by atoms with Crippen LogP contribution in [0.4, 0.5) is 0 Å². The molecule has 2 rings (SSSR count). The SMILES string of the molecule is CN=C(NC1CC1(C)C)N1CCS(=O)(=O)C(C)(C)C1.I. The number of sulfone groups is 1. The van der Waals surface area contributed by atoms with Gasteiger partial charge in [-0.25, -0.2) is 8.42 Å².